The van der Waals surface area contributed by atoms with Crippen LogP contribution in [-0.2, 0) is 0 Å². The molecule has 0 atom stereocenters. The van der Waals surface area contributed by atoms with Gasteiger partial charge in [-0.3, -0.25) is 12.9 Å². The maximum Gasteiger partial charge on any atom is 0.512 e. The van der Waals surface area contributed by atoms with Crippen molar-refractivity contribution >= 4 is 34.8 Å². The van der Waals surface area contributed by atoms with E-state index < -0.39 is 0 Å². The van der Waals surface area contributed by atoms with Crippen molar-refractivity contribution in [2.24, 2.45) is 0 Å². The van der Waals surface area contributed by atoms with Gasteiger partial charge in [-0.25, -0.2) is 0 Å². The highest BCUT2D eigenvalue weighted by atomic mass is 79.9. The molecule has 1 aromatic carbocycles. The molecule has 13 heavy (non-hydrogen) atoms. The highest BCUT2D eigenvalue weighted by Gasteiger charge is 2.02. The van der Waals surface area contributed by atoms with Crippen LogP contribution in [0.4, 0.5) is 0 Å². The summed E-state index contributed by atoms with van der Waals surface area (Å²) in [5.41, 5.74) is 0. The number of ether oxygens (including phenoxy) is 1. The topological polar surface area (TPSA) is 9.23 Å². The van der Waals surface area contributed by atoms with E-state index in [4.69, 9.17) is 4.74 Å². The Morgan fingerprint density at radius 3 is 2.85 bits per heavy atom. The SMILES string of the molecule is CCCCOc1cccc[c]1[Mg][Br]. The number of para-hydroxylation sites is 1. The molecular formula is C10H13BrMgO. The summed E-state index contributed by atoms with van der Waals surface area (Å²) in [6.45, 7) is 3.02. The van der Waals surface area contributed by atoms with E-state index in [-0.39, 0.29) is 18.2 Å². The summed E-state index contributed by atoms with van der Waals surface area (Å²) < 4.78 is 7.03. The van der Waals surface area contributed by atoms with Crippen LogP contribution in [0.2, 0.25) is 0 Å². The summed E-state index contributed by atoms with van der Waals surface area (Å²) >= 11 is 3.29. The molecule has 1 aromatic rings. The van der Waals surface area contributed by atoms with E-state index in [1.54, 1.807) is 0 Å². The van der Waals surface area contributed by atoms with Gasteiger partial charge < -0.3 is 4.74 Å². The van der Waals surface area contributed by atoms with Gasteiger partial charge >= 0.3 is 18.2 Å². The van der Waals surface area contributed by atoms with Gasteiger partial charge in [0.2, 0.25) is 0 Å². The van der Waals surface area contributed by atoms with E-state index in [1.807, 2.05) is 6.07 Å². The van der Waals surface area contributed by atoms with Gasteiger partial charge in [-0.05, 0) is 12.5 Å². The fourth-order valence-corrected chi connectivity index (χ4v) is 3.05. The summed E-state index contributed by atoms with van der Waals surface area (Å²) in [6, 6.07) is 8.29. The van der Waals surface area contributed by atoms with Crippen molar-refractivity contribution in [3.8, 4) is 5.75 Å². The van der Waals surface area contributed by atoms with Crippen LogP contribution in [0.3, 0.4) is 0 Å². The van der Waals surface area contributed by atoms with Crippen molar-refractivity contribution in [3.63, 3.8) is 0 Å². The predicted molar refractivity (Wildman–Crippen MR) is 61.2 cm³/mol. The van der Waals surface area contributed by atoms with Gasteiger partial charge in [0.05, 0.1) is 12.4 Å². The van der Waals surface area contributed by atoms with Crippen molar-refractivity contribution in [3.05, 3.63) is 24.3 Å². The highest BCUT2D eigenvalue weighted by molar-refractivity contribution is 9.23. The van der Waals surface area contributed by atoms with Gasteiger partial charge in [0.1, 0.15) is 0 Å². The van der Waals surface area contributed by atoms with Crippen LogP contribution in [0.1, 0.15) is 19.8 Å². The van der Waals surface area contributed by atoms with Crippen molar-refractivity contribution in [2.45, 2.75) is 19.8 Å². The maximum absolute atomic E-state index is 5.67. The predicted octanol–water partition coefficient (Wildman–Crippen LogP) is 2.50. The average molecular weight is 253 g/mol. The first-order chi connectivity index (χ1) is 6.38. The minimum atomic E-state index is -0.284. The molecule has 0 aromatic heterocycles. The second-order valence-corrected chi connectivity index (χ2v) is 5.65. The maximum atomic E-state index is 5.67. The Morgan fingerprint density at radius 2 is 2.15 bits per heavy atom. The monoisotopic (exact) mass is 252 g/mol. The molecular weight excluding hydrogens is 240 g/mol. The van der Waals surface area contributed by atoms with E-state index in [0.29, 0.717) is 0 Å². The Labute approximate surface area is 95.5 Å². The molecule has 0 fully saturated rings. The van der Waals surface area contributed by atoms with Crippen LogP contribution in [0.15, 0.2) is 24.3 Å². The average Bonchev–Trinajstić information content (AvgIpc) is 2.19. The molecule has 0 aliphatic carbocycles. The Balaban J connectivity index is 2.54. The van der Waals surface area contributed by atoms with Crippen molar-refractivity contribution < 1.29 is 4.74 Å². The zero-order chi connectivity index (χ0) is 9.52. The summed E-state index contributed by atoms with van der Waals surface area (Å²) in [5, 5.41) is 0. The summed E-state index contributed by atoms with van der Waals surface area (Å²) in [4.78, 5) is 0. The number of rotatable bonds is 5. The Hall–Kier alpha value is 0.266. The number of hydrogen-bond acceptors (Lipinski definition) is 1. The lowest BCUT2D eigenvalue weighted by Gasteiger charge is -2.09. The van der Waals surface area contributed by atoms with Crippen LogP contribution in [0.5, 0.6) is 5.75 Å². The van der Waals surface area contributed by atoms with Gasteiger partial charge in [0.15, 0.2) is 0 Å². The molecule has 0 N–H and O–H groups in total. The molecule has 0 aliphatic heterocycles. The summed E-state index contributed by atoms with van der Waals surface area (Å²) in [7, 11) is 0. The lowest BCUT2D eigenvalue weighted by atomic mass is 10.3. The van der Waals surface area contributed by atoms with Crippen molar-refractivity contribution in [1.29, 1.82) is 0 Å². The molecule has 1 nitrogen and oxygen atoms in total. The van der Waals surface area contributed by atoms with Gasteiger partial charge in [0.25, 0.3) is 0 Å². The molecule has 3 heteroatoms. The van der Waals surface area contributed by atoms with Crippen LogP contribution in [-0.4, -0.2) is 24.8 Å². The summed E-state index contributed by atoms with van der Waals surface area (Å²) in [5.74, 6) is 1.07. The minimum Gasteiger partial charge on any atom is -0.496 e. The third-order valence-electron chi connectivity index (χ3n) is 1.87. The van der Waals surface area contributed by atoms with E-state index in [0.717, 1.165) is 18.8 Å². The zero-order valence-electron chi connectivity index (χ0n) is 7.92. The van der Waals surface area contributed by atoms with Gasteiger partial charge in [0, 0.05) is 0 Å². The molecule has 0 saturated carbocycles. The number of benzene rings is 1. The standard InChI is InChI=1S/C10H13O.BrH.Mg/c1-2-3-9-11-10-7-5-4-6-8-10;;/h4-7H,2-3,9H2,1H3;1H;/q;;+1/p-1. The van der Waals surface area contributed by atoms with Gasteiger partial charge in [-0.15, -0.1) is 3.69 Å². The van der Waals surface area contributed by atoms with E-state index >= 15 is 0 Å². The quantitative estimate of drug-likeness (QED) is 0.579. The highest BCUT2D eigenvalue weighted by Crippen LogP contribution is 2.07. The van der Waals surface area contributed by atoms with Crippen LogP contribution < -0.4 is 8.43 Å². The molecule has 0 amide bonds. The Bertz CT molecular complexity index is 252. The largest absolute Gasteiger partial charge is 0.512 e. The van der Waals surface area contributed by atoms with Crippen LogP contribution >= 0.6 is 12.9 Å². The lowest BCUT2D eigenvalue weighted by molar-refractivity contribution is 0.312. The van der Waals surface area contributed by atoms with E-state index in [2.05, 4.69) is 38.0 Å². The van der Waals surface area contributed by atoms with Gasteiger partial charge in [-0.2, -0.15) is 0 Å². The second kappa shape index (κ2) is 6.68. The lowest BCUT2D eigenvalue weighted by Crippen LogP contribution is -2.13. The van der Waals surface area contributed by atoms with Crippen LogP contribution in [0, 0.1) is 0 Å². The molecule has 0 heterocycles. The molecule has 68 valence electrons. The molecule has 1 rings (SSSR count). The first kappa shape index (κ1) is 11.3. The molecule has 0 aliphatic rings. The molecule has 0 bridgehead atoms. The normalized spacial score (nSPS) is 9.38. The van der Waals surface area contributed by atoms with Gasteiger partial charge in [-0.1, -0.05) is 31.5 Å². The zero-order valence-corrected chi connectivity index (χ0v) is 10.9. The minimum absolute atomic E-state index is 0.284. The second-order valence-electron chi connectivity index (χ2n) is 2.94. The third-order valence-corrected chi connectivity index (χ3v) is 4.56. The van der Waals surface area contributed by atoms with E-state index in [9.17, 15) is 0 Å². The number of unbranched alkanes of at least 4 members (excludes halogenated alkanes) is 1. The third kappa shape index (κ3) is 3.87. The Morgan fingerprint density at radius 1 is 1.38 bits per heavy atom. The van der Waals surface area contributed by atoms with Crippen molar-refractivity contribution in [1.82, 2.24) is 0 Å². The smallest absolute Gasteiger partial charge is 0.496 e. The molecule has 0 radical (unpaired) electrons. The molecule has 0 unspecified atom stereocenters. The molecule has 0 spiro atoms. The van der Waals surface area contributed by atoms with E-state index in [1.165, 1.54) is 10.1 Å². The fourth-order valence-electron chi connectivity index (χ4n) is 1.08. The first-order valence-electron chi connectivity index (χ1n) is 4.65. The molecule has 0 saturated heterocycles. The first-order valence-corrected chi connectivity index (χ1v) is 9.25. The van der Waals surface area contributed by atoms with Crippen LogP contribution in [0.25, 0.3) is 0 Å². The van der Waals surface area contributed by atoms with Crippen molar-refractivity contribution in [2.75, 3.05) is 6.61 Å². The number of hydrogen-bond donors (Lipinski definition) is 0. The number of halogens is 1. The Kier molecular flexibility index (Phi) is 5.83. The fraction of sp³-hybridized carbons (Fsp3) is 0.400. The summed E-state index contributed by atoms with van der Waals surface area (Å²) in [6.07, 6.45) is 2.33.